The third kappa shape index (κ3) is 3.47. The molecule has 2 saturated heterocycles. The second kappa shape index (κ2) is 6.07. The van der Waals surface area contributed by atoms with Gasteiger partial charge in [0.2, 0.25) is 0 Å². The van der Waals surface area contributed by atoms with Gasteiger partial charge in [0.15, 0.2) is 0 Å². The highest BCUT2D eigenvalue weighted by Gasteiger charge is 2.42. The number of carboxylic acid groups (broad SMARTS) is 1. The van der Waals surface area contributed by atoms with Crippen molar-refractivity contribution in [2.24, 2.45) is 5.41 Å². The van der Waals surface area contributed by atoms with Crippen molar-refractivity contribution < 1.29 is 14.7 Å². The molecule has 2 aliphatic rings. The summed E-state index contributed by atoms with van der Waals surface area (Å²) >= 11 is 1.91. The van der Waals surface area contributed by atoms with Crippen LogP contribution in [0.25, 0.3) is 0 Å². The van der Waals surface area contributed by atoms with Gasteiger partial charge in [-0.2, -0.15) is 11.8 Å². The van der Waals surface area contributed by atoms with E-state index >= 15 is 0 Å². The van der Waals surface area contributed by atoms with E-state index in [1.807, 2.05) is 28.5 Å². The molecule has 120 valence electrons. The lowest BCUT2D eigenvalue weighted by Gasteiger charge is -2.43. The number of carboxylic acids is 1. The fourth-order valence-electron chi connectivity index (χ4n) is 3.22. The fourth-order valence-corrected chi connectivity index (χ4v) is 4.34. The lowest BCUT2D eigenvalue weighted by atomic mass is 9.76. The Labute approximate surface area is 131 Å². The molecule has 0 radical (unpaired) electrons. The Morgan fingerprint density at radius 2 is 1.76 bits per heavy atom. The first-order valence-corrected chi connectivity index (χ1v) is 8.69. The molecule has 0 bridgehead atoms. The summed E-state index contributed by atoms with van der Waals surface area (Å²) in [5.74, 6) is 0.258. The molecule has 2 rings (SSSR count). The van der Waals surface area contributed by atoms with Gasteiger partial charge in [0.25, 0.3) is 0 Å². The average Bonchev–Trinajstić information content (AvgIpc) is 2.45. The number of carbonyl (C=O) groups excluding carboxylic acids is 1. The van der Waals surface area contributed by atoms with Gasteiger partial charge in [-0.1, -0.05) is 6.92 Å². The van der Waals surface area contributed by atoms with Crippen molar-refractivity contribution in [2.75, 3.05) is 31.9 Å². The van der Waals surface area contributed by atoms with E-state index in [0.29, 0.717) is 32.4 Å². The molecule has 0 spiro atoms. The van der Waals surface area contributed by atoms with Gasteiger partial charge in [0, 0.05) is 36.7 Å². The number of piperidine rings is 1. The molecule has 2 heterocycles. The first-order valence-electron chi connectivity index (χ1n) is 7.71. The molecule has 0 atom stereocenters. The number of nitrogens with zero attached hydrogens (tertiary/aromatic N) is 2. The minimum Gasteiger partial charge on any atom is -0.481 e. The number of hydrogen-bond donors (Lipinski definition) is 1. The highest BCUT2D eigenvalue weighted by molar-refractivity contribution is 8.00. The molecule has 0 aromatic rings. The van der Waals surface area contributed by atoms with Crippen molar-refractivity contribution in [1.29, 1.82) is 0 Å². The zero-order valence-corrected chi connectivity index (χ0v) is 14.0. The van der Waals surface area contributed by atoms with Crippen LogP contribution in [0, 0.1) is 5.41 Å². The summed E-state index contributed by atoms with van der Waals surface area (Å²) in [6, 6.07) is 0.0819. The van der Waals surface area contributed by atoms with Crippen molar-refractivity contribution in [3.63, 3.8) is 0 Å². The number of urea groups is 1. The number of rotatable bonds is 2. The second-order valence-electron chi connectivity index (χ2n) is 6.74. The van der Waals surface area contributed by atoms with E-state index in [1.165, 1.54) is 0 Å². The number of aliphatic carboxylic acids is 1. The molecule has 21 heavy (non-hydrogen) atoms. The Morgan fingerprint density at radius 3 is 2.24 bits per heavy atom. The number of thioether (sulfide) groups is 1. The van der Waals surface area contributed by atoms with Crippen LogP contribution in [0.5, 0.6) is 0 Å². The summed E-state index contributed by atoms with van der Waals surface area (Å²) in [4.78, 5) is 27.8. The minimum atomic E-state index is -0.715. The average molecular weight is 314 g/mol. The molecule has 0 aromatic carbocycles. The largest absolute Gasteiger partial charge is 0.481 e. The Balaban J connectivity index is 1.96. The van der Waals surface area contributed by atoms with Crippen LogP contribution in [-0.2, 0) is 4.79 Å². The molecule has 0 aromatic heterocycles. The van der Waals surface area contributed by atoms with Crippen LogP contribution in [-0.4, -0.2) is 63.6 Å². The molecule has 0 aliphatic carbocycles. The Bertz CT molecular complexity index is 417. The normalized spacial score (nSPS) is 24.7. The van der Waals surface area contributed by atoms with E-state index in [1.54, 1.807) is 0 Å². The van der Waals surface area contributed by atoms with Crippen molar-refractivity contribution in [1.82, 2.24) is 9.80 Å². The maximum absolute atomic E-state index is 12.6. The van der Waals surface area contributed by atoms with Gasteiger partial charge < -0.3 is 14.9 Å². The lowest BCUT2D eigenvalue weighted by molar-refractivity contribution is -0.152. The molecule has 2 aliphatic heterocycles. The van der Waals surface area contributed by atoms with Crippen LogP contribution in [0.4, 0.5) is 4.79 Å². The molecule has 0 saturated carbocycles. The SMILES string of the molecule is CCC1(C(=O)O)CCN(C(=O)N2CCSC(C)(C)C2)CC1. The van der Waals surface area contributed by atoms with Crippen LogP contribution in [0.15, 0.2) is 0 Å². The molecule has 0 unspecified atom stereocenters. The quantitative estimate of drug-likeness (QED) is 0.851. The summed E-state index contributed by atoms with van der Waals surface area (Å²) in [6.07, 6.45) is 1.77. The van der Waals surface area contributed by atoms with Crippen molar-refractivity contribution in [2.45, 2.75) is 44.8 Å². The Hall–Kier alpha value is -0.910. The van der Waals surface area contributed by atoms with E-state index in [-0.39, 0.29) is 10.8 Å². The van der Waals surface area contributed by atoms with E-state index in [9.17, 15) is 14.7 Å². The molecule has 1 N–H and O–H groups in total. The van der Waals surface area contributed by atoms with Gasteiger partial charge in [-0.05, 0) is 33.1 Å². The standard InChI is InChI=1S/C15H26N2O3S/c1-4-15(12(18)19)5-7-16(8-6-15)13(20)17-9-10-21-14(2,3)11-17/h4-11H2,1-3H3,(H,18,19). The minimum absolute atomic E-state index is 0.0819. The summed E-state index contributed by atoms with van der Waals surface area (Å²) in [6.45, 7) is 8.94. The number of likely N-dealkylation sites (tertiary alicyclic amines) is 1. The predicted octanol–water partition coefficient (Wildman–Crippen LogP) is 2.51. The molecular formula is C15H26N2O3S. The third-order valence-electron chi connectivity index (χ3n) is 4.82. The summed E-state index contributed by atoms with van der Waals surface area (Å²) < 4.78 is 0.109. The zero-order valence-electron chi connectivity index (χ0n) is 13.2. The number of hydrogen-bond acceptors (Lipinski definition) is 3. The molecule has 2 amide bonds. The molecule has 2 fully saturated rings. The van der Waals surface area contributed by atoms with E-state index < -0.39 is 11.4 Å². The van der Waals surface area contributed by atoms with Crippen LogP contribution in [0.3, 0.4) is 0 Å². The van der Waals surface area contributed by atoms with Crippen LogP contribution in [0.2, 0.25) is 0 Å². The van der Waals surface area contributed by atoms with Gasteiger partial charge >= 0.3 is 12.0 Å². The number of amides is 2. The molecule has 5 nitrogen and oxygen atoms in total. The Kier molecular flexibility index (Phi) is 4.76. The van der Waals surface area contributed by atoms with Crippen LogP contribution < -0.4 is 0 Å². The topological polar surface area (TPSA) is 60.9 Å². The van der Waals surface area contributed by atoms with Gasteiger partial charge in [0.05, 0.1) is 5.41 Å². The maximum Gasteiger partial charge on any atom is 0.320 e. The Morgan fingerprint density at radius 1 is 1.14 bits per heavy atom. The smallest absolute Gasteiger partial charge is 0.320 e. The van der Waals surface area contributed by atoms with Gasteiger partial charge in [-0.25, -0.2) is 4.79 Å². The van der Waals surface area contributed by atoms with Crippen LogP contribution in [0.1, 0.15) is 40.0 Å². The van der Waals surface area contributed by atoms with Crippen molar-refractivity contribution in [3.8, 4) is 0 Å². The van der Waals surface area contributed by atoms with Gasteiger partial charge in [-0.3, -0.25) is 4.79 Å². The predicted molar refractivity (Wildman–Crippen MR) is 84.7 cm³/mol. The zero-order chi connectivity index (χ0) is 15.7. The van der Waals surface area contributed by atoms with E-state index in [4.69, 9.17) is 0 Å². The van der Waals surface area contributed by atoms with Crippen LogP contribution >= 0.6 is 11.8 Å². The first kappa shape index (κ1) is 16.5. The van der Waals surface area contributed by atoms with Crippen molar-refractivity contribution >= 4 is 23.8 Å². The van der Waals surface area contributed by atoms with Gasteiger partial charge in [-0.15, -0.1) is 0 Å². The monoisotopic (exact) mass is 314 g/mol. The van der Waals surface area contributed by atoms with Crippen molar-refractivity contribution in [3.05, 3.63) is 0 Å². The summed E-state index contributed by atoms with van der Waals surface area (Å²) in [7, 11) is 0. The molecular weight excluding hydrogens is 288 g/mol. The lowest BCUT2D eigenvalue weighted by Crippen LogP contribution is -2.54. The highest BCUT2D eigenvalue weighted by Crippen LogP contribution is 2.36. The summed E-state index contributed by atoms with van der Waals surface area (Å²) in [5.41, 5.74) is -0.631. The van der Waals surface area contributed by atoms with Gasteiger partial charge in [0.1, 0.15) is 0 Å². The molecule has 6 heteroatoms. The maximum atomic E-state index is 12.6. The fraction of sp³-hybridized carbons (Fsp3) is 0.867. The second-order valence-corrected chi connectivity index (χ2v) is 8.54. The highest BCUT2D eigenvalue weighted by atomic mass is 32.2. The first-order chi connectivity index (χ1) is 9.80. The summed E-state index contributed by atoms with van der Waals surface area (Å²) in [5, 5.41) is 9.41. The third-order valence-corrected chi connectivity index (χ3v) is 6.11. The van der Waals surface area contributed by atoms with E-state index in [0.717, 1.165) is 18.8 Å². The van der Waals surface area contributed by atoms with E-state index in [2.05, 4.69) is 13.8 Å². The number of carbonyl (C=O) groups is 2.